The zero-order valence-corrected chi connectivity index (χ0v) is 14.4. The summed E-state index contributed by atoms with van der Waals surface area (Å²) in [5.74, 6) is 0.444. The van der Waals surface area contributed by atoms with E-state index in [0.29, 0.717) is 18.6 Å². The Kier molecular flexibility index (Phi) is 4.41. The quantitative estimate of drug-likeness (QED) is 0.740. The van der Waals surface area contributed by atoms with Crippen LogP contribution in [0.2, 0.25) is 0 Å². The van der Waals surface area contributed by atoms with Crippen LogP contribution >= 0.6 is 0 Å². The number of aryl methyl sites for hydroxylation is 1. The van der Waals surface area contributed by atoms with E-state index in [2.05, 4.69) is 0 Å². The van der Waals surface area contributed by atoms with Crippen molar-refractivity contribution in [3.63, 3.8) is 0 Å². The molecule has 1 radical (unpaired) electrons. The van der Waals surface area contributed by atoms with Crippen molar-refractivity contribution in [2.75, 3.05) is 6.61 Å². The van der Waals surface area contributed by atoms with E-state index in [1.807, 2.05) is 6.07 Å². The third-order valence-electron chi connectivity index (χ3n) is 3.82. The summed E-state index contributed by atoms with van der Waals surface area (Å²) in [4.78, 5) is -0.196. The summed E-state index contributed by atoms with van der Waals surface area (Å²) >= 11 is 0. The minimum absolute atomic E-state index is 0.00802. The third kappa shape index (κ3) is 4.10. The lowest BCUT2D eigenvalue weighted by Crippen LogP contribution is -2.17. The van der Waals surface area contributed by atoms with Gasteiger partial charge in [0.2, 0.25) is 0 Å². The van der Waals surface area contributed by atoms with Crippen LogP contribution in [0.5, 0.6) is 11.5 Å². The summed E-state index contributed by atoms with van der Waals surface area (Å²) in [5.41, 5.74) is -0.288. The molecule has 0 heterocycles. The summed E-state index contributed by atoms with van der Waals surface area (Å²) < 4.78 is 35.6. The zero-order chi connectivity index (χ0) is 18.1. The van der Waals surface area contributed by atoms with E-state index < -0.39 is 15.7 Å². The Morgan fingerprint density at radius 3 is 2.52 bits per heavy atom. The highest BCUT2D eigenvalue weighted by Crippen LogP contribution is 2.36. The molecule has 1 fully saturated rings. The Morgan fingerprint density at radius 1 is 1.16 bits per heavy atom. The second-order valence-corrected chi connectivity index (χ2v) is 7.61. The summed E-state index contributed by atoms with van der Waals surface area (Å²) in [7, 11) is -4.16. The fraction of sp³-hybridized carbons (Fsp3) is 0.278. The molecule has 0 unspecified atom stereocenters. The van der Waals surface area contributed by atoms with Gasteiger partial charge >= 0.3 is 10.1 Å². The Balaban J connectivity index is 1.84. The van der Waals surface area contributed by atoms with E-state index in [1.165, 1.54) is 24.3 Å². The molecule has 25 heavy (non-hydrogen) atoms. The monoisotopic (exact) mass is 358 g/mol. The second-order valence-electron chi connectivity index (χ2n) is 6.10. The van der Waals surface area contributed by atoms with Crippen LogP contribution in [0.4, 0.5) is 0 Å². The molecule has 2 aromatic carbocycles. The van der Waals surface area contributed by atoms with Gasteiger partial charge in [-0.25, -0.2) is 5.11 Å². The first-order valence-corrected chi connectivity index (χ1v) is 9.11. The number of benzene rings is 2. The summed E-state index contributed by atoms with van der Waals surface area (Å²) in [6.45, 7) is 1.81. The fourth-order valence-electron chi connectivity index (χ4n) is 2.29. The van der Waals surface area contributed by atoms with Crippen molar-refractivity contribution in [3.8, 4) is 17.6 Å². The molecule has 2 aromatic rings. The first-order valence-electron chi connectivity index (χ1n) is 7.70. The Bertz CT molecular complexity index is 942. The van der Waals surface area contributed by atoms with E-state index in [9.17, 15) is 13.5 Å². The topological polar surface area (TPSA) is 96.3 Å². The maximum atomic E-state index is 12.5. The minimum atomic E-state index is -4.16. The fourth-order valence-corrected chi connectivity index (χ4v) is 3.36. The maximum Gasteiger partial charge on any atom is 0.340 e. The van der Waals surface area contributed by atoms with Crippen LogP contribution in [-0.2, 0) is 15.2 Å². The van der Waals surface area contributed by atoms with Crippen molar-refractivity contribution >= 4 is 10.1 Å². The molecule has 1 aliphatic carbocycles. The number of nitrogens with zero attached hydrogens (tertiary/aromatic N) is 1. The van der Waals surface area contributed by atoms with Crippen LogP contribution in [0, 0.1) is 18.3 Å². The van der Waals surface area contributed by atoms with Crippen molar-refractivity contribution in [1.29, 1.82) is 5.26 Å². The molecule has 0 N–H and O–H groups in total. The first-order chi connectivity index (χ1) is 11.8. The first kappa shape index (κ1) is 17.3. The number of hydrogen-bond acceptors (Lipinski definition) is 5. The molecular weight excluding hydrogens is 342 g/mol. The highest BCUT2D eigenvalue weighted by atomic mass is 32.2. The van der Waals surface area contributed by atoms with Crippen molar-refractivity contribution < 1.29 is 22.4 Å². The standard InChI is InChI=1S/C18H16NO5S/c1-13-8-15(23-12-18(20)6-7-18)10-16(9-13)24-25(21,22)17-5-3-2-4-14(17)11-19/h2-5,8-10H,6-7,12H2,1H3. The van der Waals surface area contributed by atoms with Gasteiger partial charge in [-0.2, -0.15) is 13.7 Å². The molecule has 6 nitrogen and oxygen atoms in total. The van der Waals surface area contributed by atoms with Crippen molar-refractivity contribution in [1.82, 2.24) is 0 Å². The van der Waals surface area contributed by atoms with Crippen molar-refractivity contribution in [2.45, 2.75) is 30.3 Å². The van der Waals surface area contributed by atoms with Gasteiger partial charge in [0.05, 0.1) is 5.56 Å². The van der Waals surface area contributed by atoms with E-state index >= 15 is 0 Å². The lowest BCUT2D eigenvalue weighted by molar-refractivity contribution is 0.0216. The smallest absolute Gasteiger partial charge is 0.340 e. The number of rotatable bonds is 6. The minimum Gasteiger partial charge on any atom is -0.490 e. The number of hydrogen-bond donors (Lipinski definition) is 0. The van der Waals surface area contributed by atoms with E-state index in [-0.39, 0.29) is 22.8 Å². The SMILES string of the molecule is Cc1cc(OCC2([O])CC2)cc(OS(=O)(=O)c2ccccc2C#N)c1. The summed E-state index contributed by atoms with van der Waals surface area (Å²) in [5, 5.41) is 20.8. The van der Waals surface area contributed by atoms with Gasteiger partial charge in [0.15, 0.2) is 0 Å². The number of nitriles is 1. The van der Waals surface area contributed by atoms with Crippen molar-refractivity contribution in [3.05, 3.63) is 53.6 Å². The molecule has 0 aliphatic heterocycles. The molecule has 0 atom stereocenters. The van der Waals surface area contributed by atoms with Crippen LogP contribution < -0.4 is 8.92 Å². The molecule has 3 rings (SSSR count). The van der Waals surface area contributed by atoms with Gasteiger partial charge in [-0.3, -0.25) is 0 Å². The average Bonchev–Trinajstić information content (AvgIpc) is 3.30. The van der Waals surface area contributed by atoms with Crippen LogP contribution in [0.15, 0.2) is 47.4 Å². The van der Waals surface area contributed by atoms with Gasteiger partial charge in [-0.1, -0.05) is 12.1 Å². The largest absolute Gasteiger partial charge is 0.490 e. The lowest BCUT2D eigenvalue weighted by Gasteiger charge is -2.12. The Hall–Kier alpha value is -2.56. The third-order valence-corrected chi connectivity index (χ3v) is 5.12. The molecule has 0 bridgehead atoms. The normalized spacial score (nSPS) is 15.2. The number of ether oxygens (including phenoxy) is 1. The Labute approximate surface area is 146 Å². The van der Waals surface area contributed by atoms with E-state index in [0.717, 1.165) is 5.56 Å². The molecule has 7 heteroatoms. The van der Waals surface area contributed by atoms with E-state index in [4.69, 9.17) is 14.2 Å². The van der Waals surface area contributed by atoms with Gasteiger partial charge in [0, 0.05) is 6.07 Å². The molecule has 0 amide bonds. The molecule has 0 aromatic heterocycles. The van der Waals surface area contributed by atoms with Crippen LogP contribution in [0.25, 0.3) is 0 Å². The van der Waals surface area contributed by atoms with Crippen LogP contribution in [-0.4, -0.2) is 20.6 Å². The van der Waals surface area contributed by atoms with Gasteiger partial charge in [-0.15, -0.1) is 0 Å². The van der Waals surface area contributed by atoms with Gasteiger partial charge < -0.3 is 8.92 Å². The van der Waals surface area contributed by atoms with Gasteiger partial charge in [0.1, 0.15) is 34.7 Å². The zero-order valence-electron chi connectivity index (χ0n) is 13.6. The van der Waals surface area contributed by atoms with E-state index in [1.54, 1.807) is 25.1 Å². The highest BCUT2D eigenvalue weighted by Gasteiger charge is 2.43. The van der Waals surface area contributed by atoms with Crippen molar-refractivity contribution in [2.24, 2.45) is 0 Å². The van der Waals surface area contributed by atoms with Gasteiger partial charge in [0.25, 0.3) is 0 Å². The predicted octanol–water partition coefficient (Wildman–Crippen LogP) is 2.98. The highest BCUT2D eigenvalue weighted by molar-refractivity contribution is 7.87. The molecule has 1 aliphatic rings. The molecular formula is C18H16NO5S. The summed E-state index contributed by atoms with van der Waals surface area (Å²) in [6, 6.07) is 12.3. The predicted molar refractivity (Wildman–Crippen MR) is 88.3 cm³/mol. The second kappa shape index (κ2) is 6.39. The van der Waals surface area contributed by atoms with Crippen LogP contribution in [0.1, 0.15) is 24.0 Å². The molecule has 0 spiro atoms. The molecule has 1 saturated carbocycles. The van der Waals surface area contributed by atoms with Crippen LogP contribution in [0.3, 0.4) is 0 Å². The molecule has 0 saturated heterocycles. The average molecular weight is 358 g/mol. The summed E-state index contributed by atoms with van der Waals surface area (Å²) in [6.07, 6.45) is 1.17. The molecule has 129 valence electrons. The Morgan fingerprint density at radius 2 is 1.84 bits per heavy atom. The van der Waals surface area contributed by atoms with Gasteiger partial charge in [-0.05, 0) is 49.6 Å². The lowest BCUT2D eigenvalue weighted by atomic mass is 10.2. The maximum absolute atomic E-state index is 12.5.